The largest absolute Gasteiger partial charge is 0.497 e. The highest BCUT2D eigenvalue weighted by atomic mass is 16.5. The van der Waals surface area contributed by atoms with Gasteiger partial charge in [-0.2, -0.15) is 0 Å². The molecule has 2 fully saturated rings. The van der Waals surface area contributed by atoms with Crippen LogP contribution in [0.4, 0.5) is 0 Å². The molecule has 152 valence electrons. The molecule has 2 saturated heterocycles. The summed E-state index contributed by atoms with van der Waals surface area (Å²) in [5.74, 6) is 2.09. The number of likely N-dealkylation sites (tertiary alicyclic amines) is 2. The topological polar surface area (TPSA) is 54.4 Å². The summed E-state index contributed by atoms with van der Waals surface area (Å²) in [6.07, 6.45) is 2.28. The molecule has 2 aliphatic heterocycles. The second-order valence-corrected chi connectivity index (χ2v) is 7.92. The second kappa shape index (κ2) is 9.24. The lowest BCUT2D eigenvalue weighted by molar-refractivity contribution is 0.0474. The van der Waals surface area contributed by atoms with Gasteiger partial charge in [-0.25, -0.2) is 0 Å². The summed E-state index contributed by atoms with van der Waals surface area (Å²) in [6.45, 7) is 7.09. The average Bonchev–Trinajstić information content (AvgIpc) is 3.05. The van der Waals surface area contributed by atoms with Gasteiger partial charge in [0, 0.05) is 57.4 Å². The van der Waals surface area contributed by atoms with Gasteiger partial charge in [0.1, 0.15) is 11.5 Å². The number of piperidine rings is 1. The average molecular weight is 379 g/mol. The third kappa shape index (κ3) is 4.57. The lowest BCUT2D eigenvalue weighted by atomic mass is 9.71. The van der Waals surface area contributed by atoms with Gasteiger partial charge in [-0.15, -0.1) is 0 Å². The van der Waals surface area contributed by atoms with Crippen LogP contribution in [0.3, 0.4) is 0 Å². The van der Waals surface area contributed by atoms with Crippen LogP contribution in [0, 0.1) is 11.3 Å². The normalized spacial score (nSPS) is 23.0. The number of nitrogens with zero attached hydrogens (tertiary/aromatic N) is 2. The Morgan fingerprint density at radius 3 is 2.52 bits per heavy atom. The number of hydrogen-bond acceptors (Lipinski definition) is 6. The van der Waals surface area contributed by atoms with Crippen molar-refractivity contribution >= 4 is 0 Å². The van der Waals surface area contributed by atoms with Crippen LogP contribution in [0.5, 0.6) is 11.5 Å². The number of ether oxygens (including phenoxy) is 3. The Balaban J connectivity index is 1.60. The fourth-order valence-electron chi connectivity index (χ4n) is 4.73. The zero-order valence-corrected chi connectivity index (χ0v) is 16.9. The van der Waals surface area contributed by atoms with E-state index in [-0.39, 0.29) is 12.0 Å². The Morgan fingerprint density at radius 2 is 1.89 bits per heavy atom. The Labute approximate surface area is 163 Å². The third-order valence-electron chi connectivity index (χ3n) is 6.46. The molecule has 1 aromatic rings. The fraction of sp³-hybridized carbons (Fsp3) is 0.714. The Morgan fingerprint density at radius 1 is 1.11 bits per heavy atom. The smallest absolute Gasteiger partial charge is 0.127 e. The van der Waals surface area contributed by atoms with E-state index < -0.39 is 0 Å². The van der Waals surface area contributed by atoms with Gasteiger partial charge < -0.3 is 24.2 Å². The third-order valence-corrected chi connectivity index (χ3v) is 6.46. The molecule has 1 spiro atoms. The van der Waals surface area contributed by atoms with Crippen molar-refractivity contribution in [1.82, 2.24) is 9.80 Å². The number of aliphatic hydroxyl groups excluding tert-OH is 1. The van der Waals surface area contributed by atoms with E-state index in [1.807, 2.05) is 12.1 Å². The summed E-state index contributed by atoms with van der Waals surface area (Å²) in [5.41, 5.74) is 1.45. The molecule has 0 amide bonds. The van der Waals surface area contributed by atoms with E-state index in [2.05, 4.69) is 15.9 Å². The minimum atomic E-state index is 0.253. The van der Waals surface area contributed by atoms with Crippen LogP contribution in [0.1, 0.15) is 18.4 Å². The SMILES string of the molecule is COCCN1CC(CO)C2(CCN(Cc3ccc(OC)cc3OC)CC2)C1. The maximum atomic E-state index is 9.95. The van der Waals surface area contributed by atoms with Crippen molar-refractivity contribution in [3.63, 3.8) is 0 Å². The molecule has 0 aromatic heterocycles. The molecule has 2 heterocycles. The molecule has 0 radical (unpaired) electrons. The van der Waals surface area contributed by atoms with E-state index >= 15 is 0 Å². The first kappa shape index (κ1) is 20.4. The van der Waals surface area contributed by atoms with Crippen LogP contribution in [-0.2, 0) is 11.3 Å². The molecule has 1 unspecified atom stereocenters. The lowest BCUT2D eigenvalue weighted by Gasteiger charge is -2.42. The van der Waals surface area contributed by atoms with E-state index in [0.717, 1.165) is 70.2 Å². The first-order chi connectivity index (χ1) is 13.1. The molecule has 1 atom stereocenters. The van der Waals surface area contributed by atoms with Crippen LogP contribution in [0.2, 0.25) is 0 Å². The zero-order chi connectivity index (χ0) is 19.3. The van der Waals surface area contributed by atoms with Crippen LogP contribution >= 0.6 is 0 Å². The molecule has 0 aliphatic carbocycles. The molecule has 6 heteroatoms. The molecule has 2 aliphatic rings. The molecule has 1 N–H and O–H groups in total. The molecule has 3 rings (SSSR count). The van der Waals surface area contributed by atoms with E-state index in [0.29, 0.717) is 5.92 Å². The molecule has 27 heavy (non-hydrogen) atoms. The number of benzene rings is 1. The zero-order valence-electron chi connectivity index (χ0n) is 16.9. The Hall–Kier alpha value is -1.34. The van der Waals surface area contributed by atoms with Crippen LogP contribution in [0.15, 0.2) is 18.2 Å². The van der Waals surface area contributed by atoms with E-state index in [1.54, 1.807) is 21.3 Å². The molecular weight excluding hydrogens is 344 g/mol. The van der Waals surface area contributed by atoms with Gasteiger partial charge in [0.05, 0.1) is 20.8 Å². The summed E-state index contributed by atoms with van der Waals surface area (Å²) in [7, 11) is 5.14. The van der Waals surface area contributed by atoms with Gasteiger partial charge in [-0.05, 0) is 37.4 Å². The van der Waals surface area contributed by atoms with Crippen molar-refractivity contribution in [3.8, 4) is 11.5 Å². The predicted octanol–water partition coefficient (Wildman–Crippen LogP) is 1.86. The summed E-state index contributed by atoms with van der Waals surface area (Å²) < 4.78 is 16.1. The number of rotatable bonds is 8. The summed E-state index contributed by atoms with van der Waals surface area (Å²) in [5, 5.41) is 9.95. The lowest BCUT2D eigenvalue weighted by Crippen LogP contribution is -2.44. The van der Waals surface area contributed by atoms with Gasteiger partial charge in [0.2, 0.25) is 0 Å². The van der Waals surface area contributed by atoms with E-state index in [1.165, 1.54) is 5.56 Å². The predicted molar refractivity (Wildman–Crippen MR) is 105 cm³/mol. The van der Waals surface area contributed by atoms with Gasteiger partial charge in [0.25, 0.3) is 0 Å². The van der Waals surface area contributed by atoms with Crippen molar-refractivity contribution in [2.75, 3.05) is 67.3 Å². The fourth-order valence-corrected chi connectivity index (χ4v) is 4.73. The molecule has 1 aromatic carbocycles. The standard InChI is InChI=1S/C21H34N2O4/c1-25-11-10-23-14-18(15-24)21(16-23)6-8-22(9-7-21)13-17-4-5-19(26-2)12-20(17)27-3/h4-5,12,18,24H,6-11,13-16H2,1-3H3. The Bertz CT molecular complexity index is 602. The minimum absolute atomic E-state index is 0.253. The van der Waals surface area contributed by atoms with E-state index in [9.17, 15) is 5.11 Å². The Kier molecular flexibility index (Phi) is 6.98. The number of methoxy groups -OCH3 is 3. The van der Waals surface area contributed by atoms with Gasteiger partial charge in [-0.1, -0.05) is 6.07 Å². The highest BCUT2D eigenvalue weighted by Gasteiger charge is 2.47. The highest BCUT2D eigenvalue weighted by Crippen LogP contribution is 2.44. The summed E-state index contributed by atoms with van der Waals surface area (Å²) in [6, 6.07) is 6.05. The molecule has 0 saturated carbocycles. The molecule has 0 bridgehead atoms. The van der Waals surface area contributed by atoms with Crippen molar-refractivity contribution in [1.29, 1.82) is 0 Å². The van der Waals surface area contributed by atoms with Gasteiger partial charge in [0.15, 0.2) is 0 Å². The maximum Gasteiger partial charge on any atom is 0.127 e. The number of aliphatic hydroxyl groups is 1. The van der Waals surface area contributed by atoms with Crippen molar-refractivity contribution in [2.24, 2.45) is 11.3 Å². The van der Waals surface area contributed by atoms with Gasteiger partial charge in [-0.3, -0.25) is 4.90 Å². The monoisotopic (exact) mass is 378 g/mol. The van der Waals surface area contributed by atoms with E-state index in [4.69, 9.17) is 14.2 Å². The van der Waals surface area contributed by atoms with Crippen LogP contribution in [-0.4, -0.2) is 82.2 Å². The minimum Gasteiger partial charge on any atom is -0.497 e. The second-order valence-electron chi connectivity index (χ2n) is 7.92. The van der Waals surface area contributed by atoms with Gasteiger partial charge >= 0.3 is 0 Å². The first-order valence-corrected chi connectivity index (χ1v) is 9.89. The summed E-state index contributed by atoms with van der Waals surface area (Å²) >= 11 is 0. The maximum absolute atomic E-state index is 9.95. The first-order valence-electron chi connectivity index (χ1n) is 9.89. The van der Waals surface area contributed by atoms with Crippen LogP contribution in [0.25, 0.3) is 0 Å². The highest BCUT2D eigenvalue weighted by molar-refractivity contribution is 5.40. The summed E-state index contributed by atoms with van der Waals surface area (Å²) in [4.78, 5) is 4.97. The van der Waals surface area contributed by atoms with Crippen molar-refractivity contribution in [3.05, 3.63) is 23.8 Å². The van der Waals surface area contributed by atoms with Crippen molar-refractivity contribution < 1.29 is 19.3 Å². The quantitative estimate of drug-likeness (QED) is 0.745. The van der Waals surface area contributed by atoms with Crippen LogP contribution < -0.4 is 9.47 Å². The van der Waals surface area contributed by atoms with Crippen molar-refractivity contribution in [2.45, 2.75) is 19.4 Å². The molecule has 6 nitrogen and oxygen atoms in total. The number of hydrogen-bond donors (Lipinski definition) is 1. The molecular formula is C21H34N2O4.